The molecule has 0 radical (unpaired) electrons. The quantitative estimate of drug-likeness (QED) is 0.354. The molecule has 0 aliphatic carbocycles. The Balaban J connectivity index is 1.56. The lowest BCUT2D eigenvalue weighted by Crippen LogP contribution is -2.12. The normalized spacial score (nSPS) is 10.5. The van der Waals surface area contributed by atoms with Gasteiger partial charge in [0, 0.05) is 22.9 Å². The third kappa shape index (κ3) is 5.02. The van der Waals surface area contributed by atoms with E-state index in [1.54, 1.807) is 36.4 Å². The molecule has 0 saturated heterocycles. The number of amides is 1. The van der Waals surface area contributed by atoms with Gasteiger partial charge in [0.1, 0.15) is 11.6 Å². The lowest BCUT2D eigenvalue weighted by Gasteiger charge is -2.11. The molecule has 0 unspecified atom stereocenters. The molecule has 4 rings (SSSR count). The van der Waals surface area contributed by atoms with Crippen molar-refractivity contribution >= 4 is 46.3 Å². The largest absolute Gasteiger partial charge is 0.340 e. The highest BCUT2D eigenvalue weighted by Crippen LogP contribution is 2.30. The summed E-state index contributed by atoms with van der Waals surface area (Å²) in [6.45, 7) is 1.84. The Kier molecular flexibility index (Phi) is 6.16. The Labute approximate surface area is 190 Å². The number of halogens is 2. The Hall–Kier alpha value is -3.41. The second-order valence-corrected chi connectivity index (χ2v) is 7.60. The molecule has 0 bridgehead atoms. The first-order chi connectivity index (χ1) is 15.0. The smallest absolute Gasteiger partial charge is 0.255 e. The SMILES string of the molecule is Cc1nc(Nc2cccc(C(=O)Nc3cccc(Cl)c3Cl)c2)cc(-c2ccccc2)n1. The summed E-state index contributed by atoms with van der Waals surface area (Å²) >= 11 is 12.2. The van der Waals surface area contributed by atoms with Crippen molar-refractivity contribution in [1.29, 1.82) is 0 Å². The van der Waals surface area contributed by atoms with Crippen LogP contribution in [-0.2, 0) is 0 Å². The molecular formula is C24H18Cl2N4O. The van der Waals surface area contributed by atoms with Crippen LogP contribution in [0.3, 0.4) is 0 Å². The first-order valence-corrected chi connectivity index (χ1v) is 10.3. The standard InChI is InChI=1S/C24H18Cl2N4O/c1-15-27-21(16-7-3-2-4-8-16)14-22(28-15)29-18-10-5-9-17(13-18)24(31)30-20-12-6-11-19(25)23(20)26/h2-14H,1H3,(H,30,31)(H,27,28,29). The summed E-state index contributed by atoms with van der Waals surface area (Å²) in [5, 5.41) is 6.73. The van der Waals surface area contributed by atoms with Gasteiger partial charge in [-0.2, -0.15) is 0 Å². The van der Waals surface area contributed by atoms with E-state index in [1.807, 2.05) is 49.4 Å². The summed E-state index contributed by atoms with van der Waals surface area (Å²) in [5.74, 6) is 0.992. The number of rotatable bonds is 5. The molecule has 1 aromatic heterocycles. The molecule has 154 valence electrons. The highest BCUT2D eigenvalue weighted by Gasteiger charge is 2.11. The van der Waals surface area contributed by atoms with Gasteiger partial charge < -0.3 is 10.6 Å². The second kappa shape index (κ2) is 9.16. The number of hydrogen-bond donors (Lipinski definition) is 2. The van der Waals surface area contributed by atoms with E-state index in [-0.39, 0.29) is 5.91 Å². The average Bonchev–Trinajstić information content (AvgIpc) is 2.77. The summed E-state index contributed by atoms with van der Waals surface area (Å²) in [6.07, 6.45) is 0. The highest BCUT2D eigenvalue weighted by molar-refractivity contribution is 6.44. The van der Waals surface area contributed by atoms with E-state index < -0.39 is 0 Å². The Morgan fingerprint density at radius 1 is 0.871 bits per heavy atom. The van der Waals surface area contributed by atoms with Crippen LogP contribution in [0.15, 0.2) is 78.9 Å². The molecule has 5 nitrogen and oxygen atoms in total. The van der Waals surface area contributed by atoms with Crippen LogP contribution in [0.25, 0.3) is 11.3 Å². The van der Waals surface area contributed by atoms with Gasteiger partial charge in [0.15, 0.2) is 0 Å². The zero-order chi connectivity index (χ0) is 21.8. The fraction of sp³-hybridized carbons (Fsp3) is 0.0417. The maximum absolute atomic E-state index is 12.7. The third-order valence-corrected chi connectivity index (χ3v) is 5.32. The molecule has 1 amide bonds. The van der Waals surface area contributed by atoms with Crippen molar-refractivity contribution in [3.63, 3.8) is 0 Å². The number of benzene rings is 3. The number of aromatic nitrogens is 2. The summed E-state index contributed by atoms with van der Waals surface area (Å²) in [7, 11) is 0. The van der Waals surface area contributed by atoms with Gasteiger partial charge in [0.25, 0.3) is 5.91 Å². The van der Waals surface area contributed by atoms with Gasteiger partial charge in [0.05, 0.1) is 21.4 Å². The molecule has 7 heteroatoms. The van der Waals surface area contributed by atoms with Gasteiger partial charge in [-0.05, 0) is 37.3 Å². The number of anilines is 3. The topological polar surface area (TPSA) is 66.9 Å². The number of carbonyl (C=O) groups excluding carboxylic acids is 1. The van der Waals surface area contributed by atoms with E-state index in [1.165, 1.54) is 0 Å². The minimum absolute atomic E-state index is 0.295. The van der Waals surface area contributed by atoms with Crippen molar-refractivity contribution in [3.05, 3.63) is 100 Å². The zero-order valence-electron chi connectivity index (χ0n) is 16.6. The van der Waals surface area contributed by atoms with Crippen LogP contribution in [0.5, 0.6) is 0 Å². The van der Waals surface area contributed by atoms with Crippen LogP contribution < -0.4 is 10.6 Å². The number of carbonyl (C=O) groups is 1. The predicted molar refractivity (Wildman–Crippen MR) is 126 cm³/mol. The molecule has 2 N–H and O–H groups in total. The Morgan fingerprint density at radius 2 is 1.65 bits per heavy atom. The van der Waals surface area contributed by atoms with Gasteiger partial charge in [-0.15, -0.1) is 0 Å². The van der Waals surface area contributed by atoms with E-state index in [4.69, 9.17) is 23.2 Å². The van der Waals surface area contributed by atoms with Gasteiger partial charge in [-0.25, -0.2) is 9.97 Å². The van der Waals surface area contributed by atoms with E-state index in [0.29, 0.717) is 32.9 Å². The first kappa shape index (κ1) is 20.8. The molecule has 3 aromatic carbocycles. The van der Waals surface area contributed by atoms with Crippen molar-refractivity contribution in [2.24, 2.45) is 0 Å². The lowest BCUT2D eigenvalue weighted by atomic mass is 10.1. The van der Waals surface area contributed by atoms with Gasteiger partial charge in [-0.3, -0.25) is 4.79 Å². The minimum Gasteiger partial charge on any atom is -0.340 e. The Bertz CT molecular complexity index is 1250. The Morgan fingerprint density at radius 3 is 2.45 bits per heavy atom. The van der Waals surface area contributed by atoms with Crippen molar-refractivity contribution in [2.75, 3.05) is 10.6 Å². The summed E-state index contributed by atoms with van der Waals surface area (Å²) in [4.78, 5) is 21.7. The molecule has 0 atom stereocenters. The average molecular weight is 449 g/mol. The van der Waals surface area contributed by atoms with E-state index >= 15 is 0 Å². The van der Waals surface area contributed by atoms with Gasteiger partial charge >= 0.3 is 0 Å². The number of aryl methyl sites for hydroxylation is 1. The summed E-state index contributed by atoms with van der Waals surface area (Å²) in [5.41, 5.74) is 3.47. The molecular weight excluding hydrogens is 431 g/mol. The maximum Gasteiger partial charge on any atom is 0.255 e. The van der Waals surface area contributed by atoms with Crippen molar-refractivity contribution < 1.29 is 4.79 Å². The summed E-state index contributed by atoms with van der Waals surface area (Å²) < 4.78 is 0. The maximum atomic E-state index is 12.7. The predicted octanol–water partition coefficient (Wildman–Crippen LogP) is 6.75. The van der Waals surface area contributed by atoms with Gasteiger partial charge in [0.2, 0.25) is 0 Å². The van der Waals surface area contributed by atoms with Crippen molar-refractivity contribution in [2.45, 2.75) is 6.92 Å². The molecule has 31 heavy (non-hydrogen) atoms. The van der Waals surface area contributed by atoms with Crippen LogP contribution in [-0.4, -0.2) is 15.9 Å². The van der Waals surface area contributed by atoms with Crippen LogP contribution in [0.2, 0.25) is 10.0 Å². The molecule has 0 aliphatic heterocycles. The first-order valence-electron chi connectivity index (χ1n) is 9.53. The lowest BCUT2D eigenvalue weighted by molar-refractivity contribution is 0.102. The molecule has 0 saturated carbocycles. The van der Waals surface area contributed by atoms with Crippen molar-refractivity contribution in [1.82, 2.24) is 9.97 Å². The van der Waals surface area contributed by atoms with Crippen LogP contribution in [0.4, 0.5) is 17.2 Å². The summed E-state index contributed by atoms with van der Waals surface area (Å²) in [6, 6.07) is 24.0. The monoisotopic (exact) mass is 448 g/mol. The third-order valence-electron chi connectivity index (χ3n) is 4.50. The molecule has 0 spiro atoms. The van der Waals surface area contributed by atoms with E-state index in [0.717, 1.165) is 16.9 Å². The fourth-order valence-corrected chi connectivity index (χ4v) is 3.42. The minimum atomic E-state index is -0.295. The molecule has 0 aliphatic rings. The van der Waals surface area contributed by atoms with Gasteiger partial charge in [-0.1, -0.05) is 65.7 Å². The van der Waals surface area contributed by atoms with Crippen LogP contribution >= 0.6 is 23.2 Å². The highest BCUT2D eigenvalue weighted by atomic mass is 35.5. The second-order valence-electron chi connectivity index (χ2n) is 6.81. The van der Waals surface area contributed by atoms with Crippen LogP contribution in [0.1, 0.15) is 16.2 Å². The number of nitrogens with zero attached hydrogens (tertiary/aromatic N) is 2. The van der Waals surface area contributed by atoms with Crippen LogP contribution in [0, 0.1) is 6.92 Å². The molecule has 4 aromatic rings. The zero-order valence-corrected chi connectivity index (χ0v) is 18.1. The fourth-order valence-electron chi connectivity index (χ4n) is 3.07. The van der Waals surface area contributed by atoms with Crippen molar-refractivity contribution in [3.8, 4) is 11.3 Å². The molecule has 1 heterocycles. The van der Waals surface area contributed by atoms with E-state index in [9.17, 15) is 4.79 Å². The number of nitrogens with one attached hydrogen (secondary N) is 2. The number of hydrogen-bond acceptors (Lipinski definition) is 4. The molecule has 0 fully saturated rings. The van der Waals surface area contributed by atoms with E-state index in [2.05, 4.69) is 20.6 Å².